The number of thioether (sulfide) groups is 1. The minimum Gasteiger partial charge on any atom is -0.350 e. The molecule has 0 saturated carbocycles. The lowest BCUT2D eigenvalue weighted by Crippen LogP contribution is -2.47. The molecule has 2 fully saturated rings. The molecule has 14 heavy (non-hydrogen) atoms. The zero-order valence-electron chi connectivity index (χ0n) is 9.08. The molecule has 0 aromatic carbocycles. The van der Waals surface area contributed by atoms with E-state index in [4.69, 9.17) is 9.47 Å². The molecule has 2 aliphatic heterocycles. The Morgan fingerprint density at radius 2 is 1.93 bits per heavy atom. The smallest absolute Gasteiger partial charge is 0.162 e. The van der Waals surface area contributed by atoms with Gasteiger partial charge in [0.15, 0.2) is 5.79 Å². The van der Waals surface area contributed by atoms with Crippen molar-refractivity contribution >= 4 is 11.8 Å². The maximum atomic E-state index is 5.65. The van der Waals surface area contributed by atoms with Gasteiger partial charge in [-0.25, -0.2) is 0 Å². The van der Waals surface area contributed by atoms with Gasteiger partial charge in [-0.1, -0.05) is 0 Å². The van der Waals surface area contributed by atoms with Crippen molar-refractivity contribution in [3.05, 3.63) is 0 Å². The van der Waals surface area contributed by atoms with Gasteiger partial charge in [0.25, 0.3) is 0 Å². The molecule has 0 aromatic heterocycles. The van der Waals surface area contributed by atoms with E-state index in [1.807, 2.05) is 25.6 Å². The monoisotopic (exact) mass is 217 g/mol. The van der Waals surface area contributed by atoms with Gasteiger partial charge in [0.05, 0.1) is 18.6 Å². The fourth-order valence-corrected chi connectivity index (χ4v) is 2.99. The number of rotatable bonds is 1. The van der Waals surface area contributed by atoms with Gasteiger partial charge < -0.3 is 14.8 Å². The first-order chi connectivity index (χ1) is 6.57. The van der Waals surface area contributed by atoms with E-state index in [0.717, 1.165) is 13.2 Å². The highest BCUT2D eigenvalue weighted by molar-refractivity contribution is 8.00. The predicted molar refractivity (Wildman–Crippen MR) is 58.3 cm³/mol. The molecule has 2 aliphatic rings. The van der Waals surface area contributed by atoms with Crippen LogP contribution in [-0.4, -0.2) is 36.2 Å². The lowest BCUT2D eigenvalue weighted by molar-refractivity contribution is -0.264. The third-order valence-corrected chi connectivity index (χ3v) is 4.02. The zero-order chi connectivity index (χ0) is 10.2. The maximum Gasteiger partial charge on any atom is 0.162 e. The molecule has 3 nitrogen and oxygen atoms in total. The molecular weight excluding hydrogens is 198 g/mol. The summed E-state index contributed by atoms with van der Waals surface area (Å²) >= 11 is 1.98. The summed E-state index contributed by atoms with van der Waals surface area (Å²) in [7, 11) is 0. The Morgan fingerprint density at radius 3 is 2.43 bits per heavy atom. The van der Waals surface area contributed by atoms with E-state index in [9.17, 15) is 0 Å². The van der Waals surface area contributed by atoms with Crippen LogP contribution in [0.3, 0.4) is 0 Å². The number of nitrogens with one attached hydrogen (secondary N) is 1. The summed E-state index contributed by atoms with van der Waals surface area (Å²) in [6.45, 7) is 7.79. The molecular formula is C10H19NO2S. The van der Waals surface area contributed by atoms with Crippen LogP contribution in [0.2, 0.25) is 0 Å². The fraction of sp³-hybridized carbons (Fsp3) is 1.00. The van der Waals surface area contributed by atoms with Gasteiger partial charge >= 0.3 is 0 Å². The van der Waals surface area contributed by atoms with E-state index in [1.165, 1.54) is 5.75 Å². The van der Waals surface area contributed by atoms with Crippen LogP contribution >= 0.6 is 11.8 Å². The van der Waals surface area contributed by atoms with E-state index in [2.05, 4.69) is 12.2 Å². The van der Waals surface area contributed by atoms with Crippen molar-refractivity contribution in [3.63, 3.8) is 0 Å². The van der Waals surface area contributed by atoms with Crippen molar-refractivity contribution < 1.29 is 9.47 Å². The first-order valence-electron chi connectivity index (χ1n) is 5.22. The molecule has 0 aliphatic carbocycles. The average molecular weight is 217 g/mol. The minimum atomic E-state index is -0.381. The van der Waals surface area contributed by atoms with Crippen molar-refractivity contribution in [1.82, 2.24) is 5.32 Å². The molecule has 2 heterocycles. The Morgan fingerprint density at radius 1 is 1.29 bits per heavy atom. The van der Waals surface area contributed by atoms with E-state index in [0.29, 0.717) is 17.3 Å². The van der Waals surface area contributed by atoms with Crippen molar-refractivity contribution in [2.24, 2.45) is 5.92 Å². The SMILES string of the molecule is CC1NC(C2COC(C)(C)OC2)CS1. The largest absolute Gasteiger partial charge is 0.350 e. The van der Waals surface area contributed by atoms with Crippen molar-refractivity contribution in [3.8, 4) is 0 Å². The predicted octanol–water partition coefficient (Wildman–Crippen LogP) is 1.44. The van der Waals surface area contributed by atoms with Crippen LogP contribution in [0.25, 0.3) is 0 Å². The van der Waals surface area contributed by atoms with Gasteiger partial charge in [0, 0.05) is 17.7 Å². The molecule has 2 saturated heterocycles. The Labute approximate surface area is 89.9 Å². The van der Waals surface area contributed by atoms with Gasteiger partial charge in [0.1, 0.15) is 0 Å². The highest BCUT2D eigenvalue weighted by Crippen LogP contribution is 2.28. The molecule has 1 N–H and O–H groups in total. The van der Waals surface area contributed by atoms with Crippen LogP contribution in [0.4, 0.5) is 0 Å². The Balaban J connectivity index is 1.83. The second kappa shape index (κ2) is 4.00. The van der Waals surface area contributed by atoms with Gasteiger partial charge in [0.2, 0.25) is 0 Å². The van der Waals surface area contributed by atoms with Crippen LogP contribution in [0.5, 0.6) is 0 Å². The van der Waals surface area contributed by atoms with Crippen LogP contribution < -0.4 is 5.32 Å². The highest BCUT2D eigenvalue weighted by atomic mass is 32.2. The maximum absolute atomic E-state index is 5.65. The van der Waals surface area contributed by atoms with E-state index in [1.54, 1.807) is 0 Å². The average Bonchev–Trinajstić information content (AvgIpc) is 2.52. The first-order valence-corrected chi connectivity index (χ1v) is 6.27. The van der Waals surface area contributed by atoms with Gasteiger partial charge in [-0.3, -0.25) is 0 Å². The summed E-state index contributed by atoms with van der Waals surface area (Å²) in [4.78, 5) is 0. The summed E-state index contributed by atoms with van der Waals surface area (Å²) in [6.07, 6.45) is 0. The molecule has 2 rings (SSSR count). The van der Waals surface area contributed by atoms with E-state index >= 15 is 0 Å². The summed E-state index contributed by atoms with van der Waals surface area (Å²) in [6, 6.07) is 0.561. The van der Waals surface area contributed by atoms with E-state index in [-0.39, 0.29) is 5.79 Å². The third kappa shape index (κ3) is 2.42. The lowest BCUT2D eigenvalue weighted by atomic mass is 10.0. The molecule has 0 bridgehead atoms. The van der Waals surface area contributed by atoms with Crippen LogP contribution in [0.1, 0.15) is 20.8 Å². The summed E-state index contributed by atoms with van der Waals surface area (Å²) < 4.78 is 11.3. The number of ether oxygens (including phenoxy) is 2. The van der Waals surface area contributed by atoms with Crippen LogP contribution in [-0.2, 0) is 9.47 Å². The normalized spacial score (nSPS) is 38.8. The number of hydrogen-bond acceptors (Lipinski definition) is 4. The van der Waals surface area contributed by atoms with E-state index < -0.39 is 0 Å². The van der Waals surface area contributed by atoms with Crippen LogP contribution in [0, 0.1) is 5.92 Å². The summed E-state index contributed by atoms with van der Waals surface area (Å²) in [5, 5.41) is 4.13. The van der Waals surface area contributed by atoms with Crippen LogP contribution in [0.15, 0.2) is 0 Å². The number of hydrogen-bond donors (Lipinski definition) is 1. The molecule has 2 atom stereocenters. The molecule has 0 spiro atoms. The topological polar surface area (TPSA) is 30.5 Å². The van der Waals surface area contributed by atoms with Crippen molar-refractivity contribution in [2.75, 3.05) is 19.0 Å². The Bertz CT molecular complexity index is 200. The Kier molecular flexibility index (Phi) is 3.07. The Hall–Kier alpha value is 0.230. The molecule has 0 aromatic rings. The molecule has 2 unspecified atom stereocenters. The molecule has 4 heteroatoms. The molecule has 0 radical (unpaired) electrons. The second-order valence-electron chi connectivity index (χ2n) is 4.53. The van der Waals surface area contributed by atoms with Crippen molar-refractivity contribution in [2.45, 2.75) is 38.0 Å². The second-order valence-corrected chi connectivity index (χ2v) is 5.90. The first kappa shape index (κ1) is 10.7. The zero-order valence-corrected chi connectivity index (χ0v) is 9.89. The third-order valence-electron chi connectivity index (χ3n) is 2.83. The fourth-order valence-electron chi connectivity index (χ4n) is 1.86. The minimum absolute atomic E-state index is 0.381. The van der Waals surface area contributed by atoms with Gasteiger partial charge in [-0.05, 0) is 20.8 Å². The summed E-state index contributed by atoms with van der Waals surface area (Å²) in [5.74, 6) is 1.31. The molecule has 0 amide bonds. The quantitative estimate of drug-likeness (QED) is 0.720. The van der Waals surface area contributed by atoms with Gasteiger partial charge in [-0.2, -0.15) is 0 Å². The van der Waals surface area contributed by atoms with Crippen molar-refractivity contribution in [1.29, 1.82) is 0 Å². The lowest BCUT2D eigenvalue weighted by Gasteiger charge is -2.37. The summed E-state index contributed by atoms with van der Waals surface area (Å²) in [5.41, 5.74) is 0. The van der Waals surface area contributed by atoms with Gasteiger partial charge in [-0.15, -0.1) is 11.8 Å². The molecule has 82 valence electrons. The highest BCUT2D eigenvalue weighted by Gasteiger charge is 2.35. The standard InChI is InChI=1S/C10H19NO2S/c1-7-11-9(6-14-7)8-4-12-10(2,3)13-5-8/h7-9,11H,4-6H2,1-3H3.